The van der Waals surface area contributed by atoms with Gasteiger partial charge in [0.2, 0.25) is 0 Å². The first-order valence-electron chi connectivity index (χ1n) is 5.25. The number of pyridine rings is 1. The highest BCUT2D eigenvalue weighted by atomic mass is 79.9. The molecule has 0 N–H and O–H groups in total. The molecule has 0 fully saturated rings. The molecule has 2 heterocycles. The normalized spacial score (nSPS) is 11.8. The fourth-order valence-electron chi connectivity index (χ4n) is 1.52. The Balaban J connectivity index is 2.54. The van der Waals surface area contributed by atoms with Gasteiger partial charge in [0, 0.05) is 12.4 Å². The van der Waals surface area contributed by atoms with Crippen LogP contribution in [0.5, 0.6) is 0 Å². The minimum Gasteiger partial charge on any atom is -0.461 e. The number of rotatable bonds is 2. The molecule has 0 aliphatic carbocycles. The van der Waals surface area contributed by atoms with Crippen LogP contribution in [-0.2, 0) is 10.9 Å². The highest BCUT2D eigenvalue weighted by Gasteiger charge is 2.32. The number of imidazole rings is 1. The van der Waals surface area contributed by atoms with Crippen molar-refractivity contribution < 1.29 is 22.7 Å². The number of nitrogens with zero attached hydrogens (tertiary/aromatic N) is 2. The molecular formula is C11H8BrF3N2O2. The number of hydrogen-bond acceptors (Lipinski definition) is 3. The van der Waals surface area contributed by atoms with Gasteiger partial charge in [-0.05, 0) is 28.9 Å². The molecule has 8 heteroatoms. The third-order valence-electron chi connectivity index (χ3n) is 2.32. The van der Waals surface area contributed by atoms with Crippen molar-refractivity contribution in [2.75, 3.05) is 6.61 Å². The van der Waals surface area contributed by atoms with Gasteiger partial charge in [-0.1, -0.05) is 0 Å². The summed E-state index contributed by atoms with van der Waals surface area (Å²) in [5.41, 5.74) is -0.655. The molecule has 0 aliphatic heterocycles. The Labute approximate surface area is 114 Å². The van der Waals surface area contributed by atoms with E-state index in [1.54, 1.807) is 6.92 Å². The van der Waals surface area contributed by atoms with Crippen molar-refractivity contribution in [3.63, 3.8) is 0 Å². The lowest BCUT2D eigenvalue weighted by Crippen LogP contribution is -2.06. The molecular weight excluding hydrogens is 329 g/mol. The minimum atomic E-state index is -4.47. The molecule has 102 valence electrons. The second kappa shape index (κ2) is 4.84. The first kappa shape index (κ1) is 13.9. The second-order valence-electron chi connectivity index (χ2n) is 3.65. The molecule has 19 heavy (non-hydrogen) atoms. The Hall–Kier alpha value is -1.57. The van der Waals surface area contributed by atoms with Crippen molar-refractivity contribution in [1.29, 1.82) is 0 Å². The van der Waals surface area contributed by atoms with Crippen LogP contribution in [0, 0.1) is 0 Å². The van der Waals surface area contributed by atoms with Gasteiger partial charge in [0.1, 0.15) is 0 Å². The van der Waals surface area contributed by atoms with Gasteiger partial charge in [-0.25, -0.2) is 9.78 Å². The highest BCUT2D eigenvalue weighted by molar-refractivity contribution is 9.10. The van der Waals surface area contributed by atoms with Gasteiger partial charge < -0.3 is 9.14 Å². The maximum absolute atomic E-state index is 12.6. The molecule has 0 unspecified atom stereocenters. The summed E-state index contributed by atoms with van der Waals surface area (Å²) in [5, 5.41) is 0. The molecule has 0 aliphatic rings. The van der Waals surface area contributed by atoms with E-state index in [9.17, 15) is 18.0 Å². The Morgan fingerprint density at radius 3 is 2.74 bits per heavy atom. The van der Waals surface area contributed by atoms with E-state index in [-0.39, 0.29) is 22.4 Å². The van der Waals surface area contributed by atoms with Gasteiger partial charge >= 0.3 is 12.1 Å². The molecule has 2 aromatic rings. The summed E-state index contributed by atoms with van der Waals surface area (Å²) in [7, 11) is 0. The number of carbonyl (C=O) groups is 1. The number of esters is 1. The lowest BCUT2D eigenvalue weighted by molar-refractivity contribution is -0.137. The number of alkyl halides is 3. The van der Waals surface area contributed by atoms with Gasteiger partial charge in [-0.3, -0.25) is 0 Å². The van der Waals surface area contributed by atoms with Gasteiger partial charge in [0.15, 0.2) is 11.3 Å². The number of ether oxygens (including phenoxy) is 1. The average molecular weight is 337 g/mol. The first-order chi connectivity index (χ1) is 8.82. The number of fused-ring (bicyclic) bond motifs is 1. The summed E-state index contributed by atoms with van der Waals surface area (Å²) in [6, 6.07) is 0.914. The summed E-state index contributed by atoms with van der Waals surface area (Å²) >= 11 is 3.01. The van der Waals surface area contributed by atoms with Crippen LogP contribution < -0.4 is 0 Å². The number of hydrogen-bond donors (Lipinski definition) is 0. The van der Waals surface area contributed by atoms with Gasteiger partial charge in [-0.15, -0.1) is 0 Å². The van der Waals surface area contributed by atoms with Crippen LogP contribution in [-0.4, -0.2) is 22.0 Å². The smallest absolute Gasteiger partial charge is 0.417 e. The van der Waals surface area contributed by atoms with Crippen LogP contribution in [0.1, 0.15) is 23.0 Å². The molecule has 4 nitrogen and oxygen atoms in total. The van der Waals surface area contributed by atoms with E-state index in [4.69, 9.17) is 4.74 Å². The number of carbonyl (C=O) groups excluding carboxylic acids is 1. The van der Waals surface area contributed by atoms with E-state index < -0.39 is 17.7 Å². The first-order valence-corrected chi connectivity index (χ1v) is 6.04. The molecule has 0 aromatic carbocycles. The van der Waals surface area contributed by atoms with Crippen LogP contribution >= 0.6 is 15.9 Å². The summed E-state index contributed by atoms with van der Waals surface area (Å²) in [6.07, 6.45) is -2.39. The highest BCUT2D eigenvalue weighted by Crippen LogP contribution is 2.32. The van der Waals surface area contributed by atoms with Gasteiger partial charge in [0.25, 0.3) is 0 Å². The maximum Gasteiger partial charge on any atom is 0.417 e. The topological polar surface area (TPSA) is 43.6 Å². The third kappa shape index (κ3) is 2.73. The zero-order chi connectivity index (χ0) is 14.2. The van der Waals surface area contributed by atoms with Crippen LogP contribution in [0.3, 0.4) is 0 Å². The monoisotopic (exact) mass is 336 g/mol. The van der Waals surface area contributed by atoms with E-state index in [1.165, 1.54) is 6.20 Å². The predicted octanol–water partition coefficient (Wildman–Crippen LogP) is 3.29. The summed E-state index contributed by atoms with van der Waals surface area (Å²) in [5.74, 6) is -0.674. The molecule has 0 bridgehead atoms. The van der Waals surface area contributed by atoms with E-state index >= 15 is 0 Å². The van der Waals surface area contributed by atoms with Crippen molar-refractivity contribution in [2.45, 2.75) is 13.1 Å². The average Bonchev–Trinajstić information content (AvgIpc) is 2.72. The maximum atomic E-state index is 12.6. The van der Waals surface area contributed by atoms with Crippen LogP contribution in [0.4, 0.5) is 13.2 Å². The fourth-order valence-corrected chi connectivity index (χ4v) is 2.06. The standard InChI is InChI=1S/C11H8BrF3N2O2/c1-2-19-10(18)8-5-17-4-6(11(13,14)15)3-7(12)9(17)16-8/h3-5H,2H2,1H3. The van der Waals surface area contributed by atoms with E-state index in [0.29, 0.717) is 0 Å². The minimum absolute atomic E-state index is 0.0399. The third-order valence-corrected chi connectivity index (χ3v) is 2.90. The van der Waals surface area contributed by atoms with Crippen molar-refractivity contribution in [3.05, 3.63) is 34.2 Å². The van der Waals surface area contributed by atoms with Gasteiger partial charge in [0.05, 0.1) is 16.6 Å². The number of aromatic nitrogens is 2. The predicted molar refractivity (Wildman–Crippen MR) is 63.9 cm³/mol. The zero-order valence-electron chi connectivity index (χ0n) is 9.66. The van der Waals surface area contributed by atoms with Crippen molar-refractivity contribution in [2.24, 2.45) is 0 Å². The Morgan fingerprint density at radius 2 is 2.16 bits per heavy atom. The summed E-state index contributed by atoms with van der Waals surface area (Å²) < 4.78 is 43.9. The molecule has 0 atom stereocenters. The SMILES string of the molecule is CCOC(=O)c1cn2cc(C(F)(F)F)cc(Br)c2n1. The van der Waals surface area contributed by atoms with Crippen LogP contribution in [0.2, 0.25) is 0 Å². The largest absolute Gasteiger partial charge is 0.461 e. The lowest BCUT2D eigenvalue weighted by atomic mass is 10.3. The Bertz CT molecular complexity index is 637. The van der Waals surface area contributed by atoms with E-state index in [2.05, 4.69) is 20.9 Å². The number of halogens is 4. The lowest BCUT2D eigenvalue weighted by Gasteiger charge is -2.07. The molecule has 0 amide bonds. The second-order valence-corrected chi connectivity index (χ2v) is 4.51. The fraction of sp³-hybridized carbons (Fsp3) is 0.273. The van der Waals surface area contributed by atoms with Crippen molar-refractivity contribution in [3.8, 4) is 0 Å². The quantitative estimate of drug-likeness (QED) is 0.790. The summed E-state index contributed by atoms with van der Waals surface area (Å²) in [6.45, 7) is 1.80. The molecule has 2 aromatic heterocycles. The Kier molecular flexibility index (Phi) is 3.53. The zero-order valence-corrected chi connectivity index (χ0v) is 11.2. The van der Waals surface area contributed by atoms with Crippen LogP contribution in [0.25, 0.3) is 5.65 Å². The van der Waals surface area contributed by atoms with E-state index in [1.807, 2.05) is 0 Å². The van der Waals surface area contributed by atoms with Crippen LogP contribution in [0.15, 0.2) is 22.9 Å². The molecule has 0 spiro atoms. The van der Waals surface area contributed by atoms with Crippen molar-refractivity contribution in [1.82, 2.24) is 9.38 Å². The molecule has 0 radical (unpaired) electrons. The molecule has 2 rings (SSSR count). The molecule has 0 saturated carbocycles. The Morgan fingerprint density at radius 1 is 1.47 bits per heavy atom. The van der Waals surface area contributed by atoms with E-state index in [0.717, 1.165) is 16.7 Å². The van der Waals surface area contributed by atoms with Crippen molar-refractivity contribution >= 4 is 27.5 Å². The van der Waals surface area contributed by atoms with Gasteiger partial charge in [-0.2, -0.15) is 13.2 Å². The molecule has 0 saturated heterocycles. The summed E-state index contributed by atoms with van der Waals surface area (Å²) in [4.78, 5) is 15.4.